The molecule has 1 aliphatic rings. The predicted molar refractivity (Wildman–Crippen MR) is 116 cm³/mol. The minimum absolute atomic E-state index is 0.148. The molecule has 0 N–H and O–H groups in total. The van der Waals surface area contributed by atoms with Gasteiger partial charge in [0.2, 0.25) is 0 Å². The van der Waals surface area contributed by atoms with Crippen molar-refractivity contribution in [2.24, 2.45) is 16.8 Å². The lowest BCUT2D eigenvalue weighted by atomic mass is 10.0. The van der Waals surface area contributed by atoms with Gasteiger partial charge in [-0.05, 0) is 6.08 Å². The maximum Gasteiger partial charge on any atom is 0.333 e. The highest BCUT2D eigenvalue weighted by atomic mass is 32.2. The molecule has 0 spiro atoms. The van der Waals surface area contributed by atoms with Gasteiger partial charge in [-0.25, -0.2) is 9.78 Å². The minimum atomic E-state index is -0.456. The van der Waals surface area contributed by atoms with E-state index >= 15 is 0 Å². The Morgan fingerprint density at radius 1 is 1.25 bits per heavy atom. The summed E-state index contributed by atoms with van der Waals surface area (Å²) in [6, 6.07) is 0.148. The molecule has 1 aromatic heterocycles. The fourth-order valence-corrected chi connectivity index (χ4v) is 4.75. The van der Waals surface area contributed by atoms with Crippen LogP contribution in [0.4, 0.5) is 0 Å². The second-order valence-corrected chi connectivity index (χ2v) is 8.61. The van der Waals surface area contributed by atoms with Gasteiger partial charge in [-0.2, -0.15) is 0 Å². The third-order valence-electron chi connectivity index (χ3n) is 4.36. The SMILES string of the molecule is COC(=O)/C=C(\OC)C(C)C(/C=C/c1csc(C2CSC(C(C)C)=N2)n1)OC. The fourth-order valence-electron chi connectivity index (χ4n) is 2.72. The fraction of sp³-hybridized carbons (Fsp3) is 0.550. The molecule has 0 saturated carbocycles. The molecule has 3 unspecified atom stereocenters. The molecule has 0 aromatic carbocycles. The maximum absolute atomic E-state index is 11.5. The van der Waals surface area contributed by atoms with E-state index in [-0.39, 0.29) is 18.1 Å². The first-order valence-electron chi connectivity index (χ1n) is 9.10. The van der Waals surface area contributed by atoms with Crippen LogP contribution in [-0.2, 0) is 19.0 Å². The molecule has 0 bridgehead atoms. The number of methoxy groups -OCH3 is 3. The number of thiazole rings is 1. The van der Waals surface area contributed by atoms with Gasteiger partial charge in [0, 0.05) is 30.1 Å². The number of esters is 1. The molecular formula is C20H28N2O4S2. The van der Waals surface area contributed by atoms with Gasteiger partial charge in [0.05, 0.1) is 37.1 Å². The molecule has 0 radical (unpaired) electrons. The number of rotatable bonds is 9. The summed E-state index contributed by atoms with van der Waals surface area (Å²) in [5.41, 5.74) is 0.878. The summed E-state index contributed by atoms with van der Waals surface area (Å²) in [6.07, 6.45) is 4.94. The van der Waals surface area contributed by atoms with Crippen LogP contribution in [0.2, 0.25) is 0 Å². The molecular weight excluding hydrogens is 396 g/mol. The molecule has 1 aromatic rings. The number of hydrogen-bond donors (Lipinski definition) is 0. The quantitative estimate of drug-likeness (QED) is 0.333. The molecule has 2 heterocycles. The molecule has 0 saturated heterocycles. The van der Waals surface area contributed by atoms with Crippen LogP contribution >= 0.6 is 23.1 Å². The number of aromatic nitrogens is 1. The Hall–Kier alpha value is -1.64. The molecule has 3 atom stereocenters. The lowest BCUT2D eigenvalue weighted by Crippen LogP contribution is -2.21. The summed E-state index contributed by atoms with van der Waals surface area (Å²) in [4.78, 5) is 21.0. The van der Waals surface area contributed by atoms with Gasteiger partial charge in [0.1, 0.15) is 16.8 Å². The van der Waals surface area contributed by atoms with Gasteiger partial charge < -0.3 is 14.2 Å². The highest BCUT2D eigenvalue weighted by molar-refractivity contribution is 8.14. The summed E-state index contributed by atoms with van der Waals surface area (Å²) in [7, 11) is 4.49. The van der Waals surface area contributed by atoms with E-state index in [1.165, 1.54) is 25.3 Å². The summed E-state index contributed by atoms with van der Waals surface area (Å²) in [5.74, 6) is 1.31. The van der Waals surface area contributed by atoms with Crippen LogP contribution in [0.1, 0.15) is 37.5 Å². The lowest BCUT2D eigenvalue weighted by molar-refractivity contribution is -0.135. The number of carbonyl (C=O) groups excluding carboxylic acids is 1. The molecule has 0 amide bonds. The zero-order valence-corrected chi connectivity index (χ0v) is 18.8. The zero-order chi connectivity index (χ0) is 20.7. The number of aliphatic imine (C=N–C) groups is 1. The van der Waals surface area contributed by atoms with E-state index in [1.54, 1.807) is 18.4 Å². The lowest BCUT2D eigenvalue weighted by Gasteiger charge is -2.21. The highest BCUT2D eigenvalue weighted by Crippen LogP contribution is 2.34. The number of hydrogen-bond acceptors (Lipinski definition) is 8. The molecule has 2 rings (SSSR count). The van der Waals surface area contributed by atoms with Crippen molar-refractivity contribution in [2.75, 3.05) is 27.1 Å². The second kappa shape index (κ2) is 10.8. The van der Waals surface area contributed by atoms with Crippen LogP contribution in [0.15, 0.2) is 28.3 Å². The largest absolute Gasteiger partial charge is 0.500 e. The second-order valence-electron chi connectivity index (χ2n) is 6.68. The Bertz CT molecular complexity index is 755. The Kier molecular flexibility index (Phi) is 8.72. The van der Waals surface area contributed by atoms with E-state index in [1.807, 2.05) is 36.2 Å². The van der Waals surface area contributed by atoms with Crippen LogP contribution in [0.5, 0.6) is 0 Å². The monoisotopic (exact) mass is 424 g/mol. The highest BCUT2D eigenvalue weighted by Gasteiger charge is 2.24. The smallest absolute Gasteiger partial charge is 0.333 e. The zero-order valence-electron chi connectivity index (χ0n) is 17.2. The van der Waals surface area contributed by atoms with Crippen LogP contribution in [0.3, 0.4) is 0 Å². The number of thioether (sulfide) groups is 1. The topological polar surface area (TPSA) is 70.0 Å². The molecule has 154 valence electrons. The van der Waals surface area contributed by atoms with Crippen LogP contribution in [0, 0.1) is 11.8 Å². The van der Waals surface area contributed by atoms with Crippen molar-refractivity contribution >= 4 is 40.2 Å². The van der Waals surface area contributed by atoms with Crippen LogP contribution in [0.25, 0.3) is 6.08 Å². The average molecular weight is 425 g/mol. The van der Waals surface area contributed by atoms with E-state index < -0.39 is 5.97 Å². The van der Waals surface area contributed by atoms with E-state index in [4.69, 9.17) is 19.5 Å². The van der Waals surface area contributed by atoms with E-state index in [9.17, 15) is 4.79 Å². The first-order chi connectivity index (χ1) is 13.4. The van der Waals surface area contributed by atoms with Gasteiger partial charge in [-0.1, -0.05) is 26.8 Å². The normalized spacial score (nSPS) is 19.8. The summed E-state index contributed by atoms with van der Waals surface area (Å²) < 4.78 is 15.6. The van der Waals surface area contributed by atoms with E-state index in [0.717, 1.165) is 16.5 Å². The summed E-state index contributed by atoms with van der Waals surface area (Å²) >= 11 is 3.45. The molecule has 8 heteroatoms. The van der Waals surface area contributed by atoms with Gasteiger partial charge in [-0.3, -0.25) is 4.99 Å². The first-order valence-corrected chi connectivity index (χ1v) is 11.0. The number of carbonyl (C=O) groups is 1. The van der Waals surface area contributed by atoms with Crippen molar-refractivity contribution in [1.82, 2.24) is 4.98 Å². The van der Waals surface area contributed by atoms with Crippen molar-refractivity contribution < 1.29 is 19.0 Å². The van der Waals surface area contributed by atoms with Gasteiger partial charge in [0.25, 0.3) is 0 Å². The Morgan fingerprint density at radius 2 is 2.00 bits per heavy atom. The van der Waals surface area contributed by atoms with Crippen molar-refractivity contribution in [2.45, 2.75) is 32.9 Å². The van der Waals surface area contributed by atoms with E-state index in [0.29, 0.717) is 11.7 Å². The average Bonchev–Trinajstić information content (AvgIpc) is 3.35. The van der Waals surface area contributed by atoms with Crippen molar-refractivity contribution in [3.63, 3.8) is 0 Å². The van der Waals surface area contributed by atoms with Crippen LogP contribution < -0.4 is 0 Å². The standard InChI is InChI=1S/C20H28N2O4S2/c1-12(2)19-22-15(11-28-19)20-21-14(10-27-20)7-8-16(24-4)13(3)17(25-5)9-18(23)26-6/h7-10,12-13,15-16H,11H2,1-6H3/b8-7+,17-9-. The number of nitrogens with zero attached hydrogens (tertiary/aromatic N) is 2. The number of ether oxygens (including phenoxy) is 3. The van der Waals surface area contributed by atoms with E-state index in [2.05, 4.69) is 18.6 Å². The van der Waals surface area contributed by atoms with Gasteiger partial charge >= 0.3 is 5.97 Å². The van der Waals surface area contributed by atoms with Crippen molar-refractivity contribution in [1.29, 1.82) is 0 Å². The maximum atomic E-state index is 11.5. The van der Waals surface area contributed by atoms with Crippen molar-refractivity contribution in [3.8, 4) is 0 Å². The van der Waals surface area contributed by atoms with Gasteiger partial charge in [0.15, 0.2) is 0 Å². The van der Waals surface area contributed by atoms with Gasteiger partial charge in [-0.15, -0.1) is 23.1 Å². The van der Waals surface area contributed by atoms with Crippen LogP contribution in [-0.4, -0.2) is 49.2 Å². The Morgan fingerprint density at radius 3 is 2.57 bits per heavy atom. The third-order valence-corrected chi connectivity index (χ3v) is 6.68. The molecule has 0 fully saturated rings. The molecule has 28 heavy (non-hydrogen) atoms. The molecule has 0 aliphatic carbocycles. The minimum Gasteiger partial charge on any atom is -0.500 e. The Labute approximate surface area is 175 Å². The van der Waals surface area contributed by atoms with Crippen molar-refractivity contribution in [3.05, 3.63) is 34.0 Å². The summed E-state index contributed by atoms with van der Waals surface area (Å²) in [6.45, 7) is 6.26. The molecule has 1 aliphatic heterocycles. The predicted octanol–water partition coefficient (Wildman–Crippen LogP) is 4.35. The Balaban J connectivity index is 2.08. The molecule has 6 nitrogen and oxygen atoms in total. The first kappa shape index (κ1) is 22.6. The summed E-state index contributed by atoms with van der Waals surface area (Å²) in [5, 5.41) is 4.27. The third kappa shape index (κ3) is 5.93.